The molecule has 0 aliphatic carbocycles. The van der Waals surface area contributed by atoms with Crippen LogP contribution in [-0.2, 0) is 11.3 Å². The largest absolute Gasteiger partial charge is 0.494 e. The lowest BCUT2D eigenvalue weighted by atomic mass is 10.2. The Morgan fingerprint density at radius 1 is 1.08 bits per heavy atom. The molecule has 0 N–H and O–H groups in total. The summed E-state index contributed by atoms with van der Waals surface area (Å²) in [6.45, 7) is 2.13. The molecule has 0 fully saturated rings. The van der Waals surface area contributed by atoms with Crippen LogP contribution >= 0.6 is 11.6 Å². The smallest absolute Gasteiger partial charge is 0.236 e. The Kier molecular flexibility index (Phi) is 7.88. The molecule has 2 aromatic carbocycles. The molecule has 2 rings (SSSR count). The van der Waals surface area contributed by atoms with E-state index >= 15 is 0 Å². The fraction of sp³-hybridized carbons (Fsp3) is 0.350. The Morgan fingerprint density at radius 2 is 1.73 bits per heavy atom. The number of likely N-dealkylation sites (N-methyl/N-ethyl adjacent to an activating group) is 2. The molecule has 26 heavy (non-hydrogen) atoms. The highest BCUT2D eigenvalue weighted by molar-refractivity contribution is 6.30. The van der Waals surface area contributed by atoms with E-state index in [0.717, 1.165) is 24.3 Å². The van der Waals surface area contributed by atoms with Gasteiger partial charge < -0.3 is 9.64 Å². The number of hydrogen-bond acceptors (Lipinski definition) is 3. The van der Waals surface area contributed by atoms with Gasteiger partial charge in [-0.3, -0.25) is 9.69 Å². The number of benzene rings is 2. The number of nitrogens with zero attached hydrogens (tertiary/aromatic N) is 2. The average molecular weight is 379 g/mol. The van der Waals surface area contributed by atoms with Gasteiger partial charge in [0.05, 0.1) is 13.2 Å². The van der Waals surface area contributed by atoms with Crippen molar-refractivity contribution in [1.29, 1.82) is 0 Å². The van der Waals surface area contributed by atoms with E-state index in [9.17, 15) is 9.18 Å². The first-order valence-corrected chi connectivity index (χ1v) is 8.87. The molecule has 0 atom stereocenters. The molecule has 0 aliphatic rings. The zero-order valence-electron chi connectivity index (χ0n) is 15.1. The second-order valence-electron chi connectivity index (χ2n) is 6.27. The van der Waals surface area contributed by atoms with Crippen molar-refractivity contribution in [1.82, 2.24) is 9.80 Å². The highest BCUT2D eigenvalue weighted by Crippen LogP contribution is 2.15. The third-order valence-corrected chi connectivity index (χ3v) is 4.18. The number of halogens is 2. The predicted molar refractivity (Wildman–Crippen MR) is 102 cm³/mol. The Hall–Kier alpha value is -2.11. The van der Waals surface area contributed by atoms with Crippen molar-refractivity contribution < 1.29 is 13.9 Å². The van der Waals surface area contributed by atoms with E-state index in [2.05, 4.69) is 0 Å². The molecular formula is C20H24ClFN2O2. The minimum absolute atomic E-state index is 0.0236. The molecule has 0 radical (unpaired) electrons. The van der Waals surface area contributed by atoms with Crippen LogP contribution in [0.4, 0.5) is 4.39 Å². The average Bonchev–Trinajstić information content (AvgIpc) is 2.62. The third-order valence-electron chi connectivity index (χ3n) is 3.93. The van der Waals surface area contributed by atoms with Crippen LogP contribution in [0.2, 0.25) is 5.02 Å². The van der Waals surface area contributed by atoms with Gasteiger partial charge in [0.25, 0.3) is 0 Å². The summed E-state index contributed by atoms with van der Waals surface area (Å²) >= 11 is 5.83. The molecule has 1 amide bonds. The van der Waals surface area contributed by atoms with Gasteiger partial charge in [-0.15, -0.1) is 0 Å². The van der Waals surface area contributed by atoms with Gasteiger partial charge in [0.15, 0.2) is 0 Å². The van der Waals surface area contributed by atoms with E-state index in [1.807, 2.05) is 24.1 Å². The maximum absolute atomic E-state index is 12.9. The van der Waals surface area contributed by atoms with E-state index < -0.39 is 0 Å². The monoisotopic (exact) mass is 378 g/mol. The van der Waals surface area contributed by atoms with Gasteiger partial charge in [-0.05, 0) is 55.4 Å². The van der Waals surface area contributed by atoms with Crippen LogP contribution in [0.15, 0.2) is 48.5 Å². The number of amides is 1. The summed E-state index contributed by atoms with van der Waals surface area (Å²) in [5, 5.41) is 0.681. The molecule has 0 aliphatic heterocycles. The number of ether oxygens (including phenoxy) is 1. The van der Waals surface area contributed by atoms with Crippen molar-refractivity contribution in [2.24, 2.45) is 0 Å². The lowest BCUT2D eigenvalue weighted by molar-refractivity contribution is -0.131. The van der Waals surface area contributed by atoms with Crippen LogP contribution in [-0.4, -0.2) is 49.5 Å². The lowest BCUT2D eigenvalue weighted by Gasteiger charge is -2.22. The summed E-state index contributed by atoms with van der Waals surface area (Å²) in [7, 11) is 3.66. The summed E-state index contributed by atoms with van der Waals surface area (Å²) in [6, 6.07) is 13.4. The molecule has 140 valence electrons. The predicted octanol–water partition coefficient (Wildman–Crippen LogP) is 3.84. The Bertz CT molecular complexity index is 692. The van der Waals surface area contributed by atoms with Gasteiger partial charge >= 0.3 is 0 Å². The number of carbonyl (C=O) groups is 1. The molecule has 0 aromatic heterocycles. The van der Waals surface area contributed by atoms with E-state index in [-0.39, 0.29) is 11.7 Å². The summed E-state index contributed by atoms with van der Waals surface area (Å²) < 4.78 is 18.6. The first-order chi connectivity index (χ1) is 12.4. The van der Waals surface area contributed by atoms with Crippen molar-refractivity contribution in [3.63, 3.8) is 0 Å². The van der Waals surface area contributed by atoms with Crippen LogP contribution in [0.1, 0.15) is 12.0 Å². The zero-order chi connectivity index (χ0) is 18.9. The minimum Gasteiger partial charge on any atom is -0.494 e. The van der Waals surface area contributed by atoms with Gasteiger partial charge in [-0.2, -0.15) is 0 Å². The van der Waals surface area contributed by atoms with Crippen molar-refractivity contribution in [2.75, 3.05) is 33.8 Å². The first-order valence-electron chi connectivity index (χ1n) is 8.49. The van der Waals surface area contributed by atoms with E-state index in [1.165, 1.54) is 12.1 Å². The standard InChI is InChI=1S/C20H24ClFN2O2/c1-23(12-3-13-26-19-10-6-17(21)7-11-19)15-20(25)24(2)14-16-4-8-18(22)9-5-16/h4-11H,3,12-15H2,1-2H3. The van der Waals surface area contributed by atoms with Crippen molar-refractivity contribution in [3.05, 3.63) is 64.9 Å². The molecule has 0 bridgehead atoms. The molecule has 0 saturated heterocycles. The second-order valence-corrected chi connectivity index (χ2v) is 6.71. The summed E-state index contributed by atoms with van der Waals surface area (Å²) in [5.41, 5.74) is 0.904. The second kappa shape index (κ2) is 10.1. The van der Waals surface area contributed by atoms with Gasteiger partial charge in [-0.1, -0.05) is 23.7 Å². The van der Waals surface area contributed by atoms with Crippen LogP contribution in [0.3, 0.4) is 0 Å². The van der Waals surface area contributed by atoms with Crippen molar-refractivity contribution in [2.45, 2.75) is 13.0 Å². The maximum Gasteiger partial charge on any atom is 0.236 e. The van der Waals surface area contributed by atoms with E-state index in [0.29, 0.717) is 24.7 Å². The summed E-state index contributed by atoms with van der Waals surface area (Å²) in [6.07, 6.45) is 0.814. The third kappa shape index (κ3) is 7.02. The first kappa shape index (κ1) is 20.2. The molecule has 6 heteroatoms. The Labute approximate surface area is 159 Å². The molecule has 0 spiro atoms. The number of hydrogen-bond donors (Lipinski definition) is 0. The highest BCUT2D eigenvalue weighted by Gasteiger charge is 2.12. The molecule has 0 saturated carbocycles. The molecular weight excluding hydrogens is 355 g/mol. The minimum atomic E-state index is -0.275. The molecule has 0 heterocycles. The van der Waals surface area contributed by atoms with E-state index in [4.69, 9.17) is 16.3 Å². The van der Waals surface area contributed by atoms with Gasteiger partial charge in [-0.25, -0.2) is 4.39 Å². The number of carbonyl (C=O) groups excluding carboxylic acids is 1. The fourth-order valence-electron chi connectivity index (χ4n) is 2.44. The Balaban J connectivity index is 1.66. The van der Waals surface area contributed by atoms with Crippen molar-refractivity contribution >= 4 is 17.5 Å². The maximum atomic E-state index is 12.9. The lowest BCUT2D eigenvalue weighted by Crippen LogP contribution is -2.36. The highest BCUT2D eigenvalue weighted by atomic mass is 35.5. The normalized spacial score (nSPS) is 10.8. The van der Waals surface area contributed by atoms with Gasteiger partial charge in [0.2, 0.25) is 5.91 Å². The van der Waals surface area contributed by atoms with Gasteiger partial charge in [0.1, 0.15) is 11.6 Å². The van der Waals surface area contributed by atoms with Crippen LogP contribution in [0.25, 0.3) is 0 Å². The van der Waals surface area contributed by atoms with Gasteiger partial charge in [0, 0.05) is 25.2 Å². The molecule has 0 unspecified atom stereocenters. The SMILES string of the molecule is CN(CCCOc1ccc(Cl)cc1)CC(=O)N(C)Cc1ccc(F)cc1. The summed E-state index contributed by atoms with van der Waals surface area (Å²) in [5.74, 6) is 0.533. The van der Waals surface area contributed by atoms with Crippen LogP contribution in [0, 0.1) is 5.82 Å². The van der Waals surface area contributed by atoms with E-state index in [1.54, 1.807) is 36.2 Å². The van der Waals surface area contributed by atoms with Crippen LogP contribution in [0.5, 0.6) is 5.75 Å². The molecule has 4 nitrogen and oxygen atoms in total. The summed E-state index contributed by atoms with van der Waals surface area (Å²) in [4.78, 5) is 15.9. The van der Waals surface area contributed by atoms with Crippen LogP contribution < -0.4 is 4.74 Å². The zero-order valence-corrected chi connectivity index (χ0v) is 15.9. The number of rotatable bonds is 9. The Morgan fingerprint density at radius 3 is 2.38 bits per heavy atom. The molecule has 2 aromatic rings. The topological polar surface area (TPSA) is 32.8 Å². The fourth-order valence-corrected chi connectivity index (χ4v) is 2.56. The quantitative estimate of drug-likeness (QED) is 0.621. The van der Waals surface area contributed by atoms with Crippen molar-refractivity contribution in [3.8, 4) is 5.75 Å².